The Hall–Kier alpha value is -1.43. The quantitative estimate of drug-likeness (QED) is 0.926. The molecule has 2 rings (SSSR count). The van der Waals surface area contributed by atoms with Gasteiger partial charge in [0.25, 0.3) is 0 Å². The molecule has 2 atom stereocenters. The number of carbonyl (C=O) groups is 2. The average molecular weight is 309 g/mol. The maximum absolute atomic E-state index is 12.9. The third-order valence-electron chi connectivity index (χ3n) is 4.23. The van der Waals surface area contributed by atoms with Gasteiger partial charge in [-0.05, 0) is 26.2 Å². The summed E-state index contributed by atoms with van der Waals surface area (Å²) in [5.74, 6) is 0.0100. The molecular formula is C15H23N3O2S. The van der Waals surface area contributed by atoms with E-state index in [1.165, 1.54) is 11.3 Å². The van der Waals surface area contributed by atoms with Crippen LogP contribution in [-0.2, 0) is 16.1 Å². The van der Waals surface area contributed by atoms with E-state index in [-0.39, 0.29) is 17.7 Å². The molecule has 21 heavy (non-hydrogen) atoms. The molecule has 0 aromatic carbocycles. The Morgan fingerprint density at radius 1 is 1.48 bits per heavy atom. The van der Waals surface area contributed by atoms with Crippen LogP contribution in [0.5, 0.6) is 0 Å². The van der Waals surface area contributed by atoms with E-state index in [1.54, 1.807) is 17.3 Å². The van der Waals surface area contributed by atoms with Crippen LogP contribution >= 0.6 is 11.3 Å². The summed E-state index contributed by atoms with van der Waals surface area (Å²) in [6.07, 6.45) is 0.584. The van der Waals surface area contributed by atoms with Crippen molar-refractivity contribution in [1.29, 1.82) is 0 Å². The molecule has 116 valence electrons. The number of piperazine rings is 1. The van der Waals surface area contributed by atoms with Crippen molar-refractivity contribution < 1.29 is 9.59 Å². The minimum absolute atomic E-state index is 0.00361. The second-order valence-electron chi connectivity index (χ2n) is 6.16. The van der Waals surface area contributed by atoms with E-state index in [4.69, 9.17) is 0 Å². The van der Waals surface area contributed by atoms with Crippen LogP contribution in [-0.4, -0.2) is 33.3 Å². The number of hydrogen-bond acceptors (Lipinski definition) is 4. The van der Waals surface area contributed by atoms with Crippen molar-refractivity contribution in [2.24, 2.45) is 5.92 Å². The van der Waals surface area contributed by atoms with Crippen molar-refractivity contribution in [3.63, 3.8) is 0 Å². The third kappa shape index (κ3) is 2.81. The van der Waals surface area contributed by atoms with Crippen LogP contribution in [0.4, 0.5) is 0 Å². The summed E-state index contributed by atoms with van der Waals surface area (Å²) in [4.78, 5) is 32.3. The van der Waals surface area contributed by atoms with Crippen LogP contribution in [0.2, 0.25) is 0 Å². The van der Waals surface area contributed by atoms with Crippen LogP contribution in [0.1, 0.15) is 44.7 Å². The first-order valence-corrected chi connectivity index (χ1v) is 8.20. The van der Waals surface area contributed by atoms with E-state index in [2.05, 4.69) is 10.3 Å². The van der Waals surface area contributed by atoms with E-state index in [1.807, 2.05) is 27.7 Å². The van der Waals surface area contributed by atoms with Crippen LogP contribution in [0.15, 0.2) is 5.51 Å². The number of aromatic nitrogens is 1. The molecule has 2 heterocycles. The first-order valence-electron chi connectivity index (χ1n) is 7.32. The topological polar surface area (TPSA) is 62.3 Å². The number of thiazole rings is 1. The zero-order valence-electron chi connectivity index (χ0n) is 13.3. The first kappa shape index (κ1) is 15.9. The van der Waals surface area contributed by atoms with Gasteiger partial charge in [-0.3, -0.25) is 9.59 Å². The van der Waals surface area contributed by atoms with Crippen molar-refractivity contribution in [3.8, 4) is 0 Å². The monoisotopic (exact) mass is 309 g/mol. The Bertz CT molecular complexity index is 555. The smallest absolute Gasteiger partial charge is 0.249 e. The zero-order chi connectivity index (χ0) is 15.8. The minimum Gasteiger partial charge on any atom is -0.340 e. The fraction of sp³-hybridized carbons (Fsp3) is 0.667. The Morgan fingerprint density at radius 2 is 2.14 bits per heavy atom. The lowest BCUT2D eigenvalue weighted by Gasteiger charge is -2.45. The van der Waals surface area contributed by atoms with Gasteiger partial charge < -0.3 is 10.2 Å². The normalized spacial score (nSPS) is 26.4. The lowest BCUT2D eigenvalue weighted by Crippen LogP contribution is -2.69. The lowest BCUT2D eigenvalue weighted by molar-refractivity contribution is -0.157. The fourth-order valence-corrected chi connectivity index (χ4v) is 3.46. The van der Waals surface area contributed by atoms with Gasteiger partial charge in [0.1, 0.15) is 11.6 Å². The molecule has 0 spiro atoms. The summed E-state index contributed by atoms with van der Waals surface area (Å²) in [7, 11) is 0. The zero-order valence-corrected chi connectivity index (χ0v) is 14.1. The van der Waals surface area contributed by atoms with Gasteiger partial charge in [-0.25, -0.2) is 4.98 Å². The van der Waals surface area contributed by atoms with Crippen LogP contribution in [0.25, 0.3) is 0 Å². The van der Waals surface area contributed by atoms with Crippen molar-refractivity contribution >= 4 is 23.2 Å². The van der Waals surface area contributed by atoms with E-state index < -0.39 is 11.6 Å². The second-order valence-corrected chi connectivity index (χ2v) is 7.10. The molecule has 2 unspecified atom stereocenters. The number of nitrogens with zero attached hydrogens (tertiary/aromatic N) is 2. The van der Waals surface area contributed by atoms with Gasteiger partial charge in [-0.15, -0.1) is 11.3 Å². The predicted molar refractivity (Wildman–Crippen MR) is 82.9 cm³/mol. The van der Waals surface area contributed by atoms with E-state index >= 15 is 0 Å². The van der Waals surface area contributed by atoms with Crippen LogP contribution in [0, 0.1) is 12.8 Å². The SMILES string of the molecule is CCC1(C)NC(=O)C(C(C)C)N(Cc2scnc2C)C1=O. The third-order valence-corrected chi connectivity index (χ3v) is 5.15. The average Bonchev–Trinajstić information content (AvgIpc) is 2.80. The van der Waals surface area contributed by atoms with Gasteiger partial charge in [0, 0.05) is 4.88 Å². The number of nitrogens with one attached hydrogen (secondary N) is 1. The maximum atomic E-state index is 12.9. The summed E-state index contributed by atoms with van der Waals surface area (Å²) in [5, 5.41) is 2.91. The van der Waals surface area contributed by atoms with Gasteiger partial charge in [-0.1, -0.05) is 20.8 Å². The predicted octanol–water partition coefficient (Wildman–Crippen LogP) is 2.10. The number of hydrogen-bond donors (Lipinski definition) is 1. The summed E-state index contributed by atoms with van der Waals surface area (Å²) < 4.78 is 0. The molecular weight excluding hydrogens is 286 g/mol. The van der Waals surface area contributed by atoms with Gasteiger partial charge in [-0.2, -0.15) is 0 Å². The van der Waals surface area contributed by atoms with Crippen molar-refractivity contribution in [2.75, 3.05) is 0 Å². The van der Waals surface area contributed by atoms with Gasteiger partial charge >= 0.3 is 0 Å². The number of amides is 2. The largest absolute Gasteiger partial charge is 0.340 e. The van der Waals surface area contributed by atoms with Crippen molar-refractivity contribution in [3.05, 3.63) is 16.1 Å². The maximum Gasteiger partial charge on any atom is 0.249 e. The Morgan fingerprint density at radius 3 is 2.62 bits per heavy atom. The molecule has 5 nitrogen and oxygen atoms in total. The lowest BCUT2D eigenvalue weighted by atomic mass is 9.88. The molecule has 0 aliphatic carbocycles. The number of rotatable bonds is 4. The summed E-state index contributed by atoms with van der Waals surface area (Å²) in [6, 6.07) is -0.418. The molecule has 0 bridgehead atoms. The minimum atomic E-state index is -0.804. The molecule has 1 saturated heterocycles. The molecule has 1 aromatic heterocycles. The highest BCUT2D eigenvalue weighted by atomic mass is 32.1. The van der Waals surface area contributed by atoms with Crippen LogP contribution < -0.4 is 5.32 Å². The highest BCUT2D eigenvalue weighted by Crippen LogP contribution is 2.28. The Balaban J connectivity index is 2.37. The molecule has 6 heteroatoms. The van der Waals surface area contributed by atoms with E-state index in [0.717, 1.165) is 10.6 Å². The van der Waals surface area contributed by atoms with Crippen molar-refractivity contribution in [2.45, 2.75) is 59.2 Å². The molecule has 0 radical (unpaired) electrons. The summed E-state index contributed by atoms with van der Waals surface area (Å²) in [6.45, 7) is 10.1. The van der Waals surface area contributed by atoms with Gasteiger partial charge in [0.05, 0.1) is 17.7 Å². The number of aryl methyl sites for hydroxylation is 1. The Kier molecular flexibility index (Phi) is 4.37. The van der Waals surface area contributed by atoms with E-state index in [0.29, 0.717) is 13.0 Å². The number of carbonyl (C=O) groups excluding carboxylic acids is 2. The molecule has 0 saturated carbocycles. The molecule has 1 aliphatic heterocycles. The summed E-state index contributed by atoms with van der Waals surface area (Å²) >= 11 is 1.53. The molecule has 1 aliphatic rings. The highest BCUT2D eigenvalue weighted by Gasteiger charge is 2.48. The van der Waals surface area contributed by atoms with E-state index in [9.17, 15) is 9.59 Å². The fourth-order valence-electron chi connectivity index (χ4n) is 2.69. The molecule has 1 fully saturated rings. The van der Waals surface area contributed by atoms with Crippen LogP contribution in [0.3, 0.4) is 0 Å². The second kappa shape index (κ2) is 5.75. The van der Waals surface area contributed by atoms with Gasteiger partial charge in [0.15, 0.2) is 0 Å². The molecule has 2 amide bonds. The van der Waals surface area contributed by atoms with Crippen molar-refractivity contribution in [1.82, 2.24) is 15.2 Å². The molecule has 1 aromatic rings. The van der Waals surface area contributed by atoms with Gasteiger partial charge in [0.2, 0.25) is 11.8 Å². The standard InChI is InChI=1S/C15H23N3O2S/c1-6-15(5)14(20)18(7-11-10(4)16-8-21-11)12(9(2)3)13(19)17-15/h8-9,12H,6-7H2,1-5H3,(H,17,19). The summed E-state index contributed by atoms with van der Waals surface area (Å²) in [5.41, 5.74) is 1.91. The molecule has 1 N–H and O–H groups in total. The Labute approximate surface area is 129 Å². The first-order chi connectivity index (χ1) is 9.80. The highest BCUT2D eigenvalue weighted by molar-refractivity contribution is 7.09.